The van der Waals surface area contributed by atoms with Crippen molar-refractivity contribution in [2.45, 2.75) is 56.0 Å². The van der Waals surface area contributed by atoms with Crippen molar-refractivity contribution in [2.24, 2.45) is 0 Å². The number of hydrogen-bond acceptors (Lipinski definition) is 11. The largest absolute Gasteiger partial charge is 0.491 e. The summed E-state index contributed by atoms with van der Waals surface area (Å²) in [6.07, 6.45) is 7.35. The molecule has 13 nitrogen and oxygen atoms in total. The third kappa shape index (κ3) is 9.95. The number of aromatic nitrogens is 2. The van der Waals surface area contributed by atoms with Crippen molar-refractivity contribution in [2.75, 3.05) is 62.3 Å². The molecule has 3 aromatic carbocycles. The fourth-order valence-corrected chi connectivity index (χ4v) is 8.76. The summed E-state index contributed by atoms with van der Waals surface area (Å²) in [5.74, 6) is 0.192. The number of benzene rings is 3. The smallest absolute Gasteiger partial charge is 0.255 e. The Morgan fingerprint density at radius 2 is 1.81 bits per heavy atom. The van der Waals surface area contributed by atoms with Crippen LogP contribution in [0.3, 0.4) is 0 Å². The fourth-order valence-electron chi connectivity index (χ4n) is 7.49. The normalized spacial score (nSPS) is 17.3. The quantitative estimate of drug-likeness (QED) is 0.0470. The number of carbonyl (C=O) groups excluding carboxylic acids is 4. The van der Waals surface area contributed by atoms with Gasteiger partial charge in [0.2, 0.25) is 17.7 Å². The summed E-state index contributed by atoms with van der Waals surface area (Å²) in [5, 5.41) is 8.96. The number of halogens is 2. The lowest BCUT2D eigenvalue weighted by atomic mass is 10.0. The highest BCUT2D eigenvalue weighted by molar-refractivity contribution is 7.99. The Hall–Kier alpha value is -5.09. The van der Waals surface area contributed by atoms with Crippen molar-refractivity contribution in [1.82, 2.24) is 30.0 Å². The van der Waals surface area contributed by atoms with E-state index in [0.29, 0.717) is 59.0 Å². The van der Waals surface area contributed by atoms with Gasteiger partial charge in [0, 0.05) is 73.3 Å². The van der Waals surface area contributed by atoms with Gasteiger partial charge >= 0.3 is 0 Å². The molecule has 2 fully saturated rings. The van der Waals surface area contributed by atoms with Gasteiger partial charge in [-0.25, -0.2) is 14.4 Å². The van der Waals surface area contributed by atoms with E-state index < -0.39 is 11.9 Å². The van der Waals surface area contributed by atoms with Crippen molar-refractivity contribution in [3.05, 3.63) is 89.5 Å². The van der Waals surface area contributed by atoms with Gasteiger partial charge in [-0.15, -0.1) is 11.8 Å². The van der Waals surface area contributed by atoms with E-state index >= 15 is 0 Å². The predicted molar refractivity (Wildman–Crippen MR) is 223 cm³/mol. The summed E-state index contributed by atoms with van der Waals surface area (Å²) in [5.41, 5.74) is 3.25. The first-order chi connectivity index (χ1) is 28.2. The second-order valence-electron chi connectivity index (χ2n) is 14.5. The number of piperazine rings is 1. The maximum absolute atomic E-state index is 13.7. The third-order valence-electron chi connectivity index (χ3n) is 10.6. The van der Waals surface area contributed by atoms with Crippen LogP contribution in [0.25, 0.3) is 10.9 Å². The summed E-state index contributed by atoms with van der Waals surface area (Å²) < 4.78 is 19.9. The molecule has 1 unspecified atom stereocenters. The van der Waals surface area contributed by atoms with Gasteiger partial charge in [0.1, 0.15) is 29.8 Å². The topological polar surface area (TPSA) is 149 Å². The molecule has 4 amide bonds. The number of carbonyl (C=O) groups is 4. The summed E-state index contributed by atoms with van der Waals surface area (Å²) in [7, 11) is 0. The zero-order valence-corrected chi connectivity index (χ0v) is 33.7. The Kier molecular flexibility index (Phi) is 13.5. The molecule has 7 rings (SSSR count). The molecule has 3 aliphatic rings. The average Bonchev–Trinajstić information content (AvgIpc) is 3.56. The summed E-state index contributed by atoms with van der Waals surface area (Å²) in [6.45, 7) is 10.4. The van der Waals surface area contributed by atoms with Crippen molar-refractivity contribution in [1.29, 1.82) is 0 Å². The van der Waals surface area contributed by atoms with E-state index in [0.717, 1.165) is 81.2 Å². The van der Waals surface area contributed by atoms with Gasteiger partial charge in [-0.05, 0) is 86.0 Å². The third-order valence-corrected chi connectivity index (χ3v) is 12.1. The number of nitrogens with zero attached hydrogens (tertiary/aromatic N) is 5. The summed E-state index contributed by atoms with van der Waals surface area (Å²) in [4.78, 5) is 66.0. The lowest BCUT2D eigenvalue weighted by molar-refractivity contribution is -0.137. The molecule has 304 valence electrons. The number of rotatable bonds is 17. The number of imide groups is 1. The van der Waals surface area contributed by atoms with Crippen LogP contribution >= 0.6 is 23.4 Å². The highest BCUT2D eigenvalue weighted by atomic mass is 35.5. The second-order valence-corrected chi connectivity index (χ2v) is 16.1. The fraction of sp³-hybridized carbons (Fsp3) is 0.381. The number of ether oxygens (including phenoxy) is 1. The monoisotopic (exact) mass is 828 g/mol. The molecule has 58 heavy (non-hydrogen) atoms. The van der Waals surface area contributed by atoms with E-state index in [1.54, 1.807) is 34.9 Å². The molecule has 0 spiro atoms. The lowest BCUT2D eigenvalue weighted by Gasteiger charge is -2.34. The molecule has 3 aliphatic heterocycles. The van der Waals surface area contributed by atoms with Crippen LogP contribution in [0.1, 0.15) is 54.4 Å². The molecule has 1 aromatic heterocycles. The molecular weight excluding hydrogens is 783 g/mol. The minimum atomic E-state index is -0.603. The van der Waals surface area contributed by atoms with Crippen LogP contribution in [0.2, 0.25) is 5.02 Å². The van der Waals surface area contributed by atoms with Crippen molar-refractivity contribution in [3.63, 3.8) is 0 Å². The minimum Gasteiger partial charge on any atom is -0.491 e. The van der Waals surface area contributed by atoms with Crippen LogP contribution in [0, 0.1) is 5.82 Å². The molecule has 4 heterocycles. The predicted octanol–water partition coefficient (Wildman–Crippen LogP) is 6.40. The van der Waals surface area contributed by atoms with Crippen molar-refractivity contribution in [3.8, 4) is 5.75 Å². The standard InChI is InChI=1S/C42H46ClFN8O5S/c1-2-38(53)48-34-23-29-33(45-26-46-40(29)47-27-10-11-32(44)31(43)22-27)24-36(34)57-20-7-15-51-18-16-50(17-19-51)14-4-3-5-21-58-37-9-6-8-28-30(37)25-52(42(28)56)35-12-13-39(54)49-41(35)55/h2,6,8-11,22-24,26,35H,1,3-5,7,12-21,25H2,(H,48,53)(H,45,46,47)(H,49,54,55). The first-order valence-corrected chi connectivity index (χ1v) is 20.9. The summed E-state index contributed by atoms with van der Waals surface area (Å²) >= 11 is 7.74. The molecule has 0 saturated carbocycles. The average molecular weight is 829 g/mol. The van der Waals surface area contributed by atoms with Gasteiger partial charge < -0.3 is 30.1 Å². The van der Waals surface area contributed by atoms with Crippen LogP contribution in [0.5, 0.6) is 5.75 Å². The van der Waals surface area contributed by atoms with Crippen LogP contribution < -0.4 is 20.7 Å². The van der Waals surface area contributed by atoms with Crippen molar-refractivity contribution < 1.29 is 28.3 Å². The molecule has 16 heteroatoms. The Morgan fingerprint density at radius 1 is 1.02 bits per heavy atom. The molecular formula is C42H46ClFN8O5S. The molecule has 3 N–H and O–H groups in total. The van der Waals surface area contributed by atoms with Crippen LogP contribution in [-0.4, -0.2) is 106 Å². The van der Waals surface area contributed by atoms with Crippen LogP contribution in [0.4, 0.5) is 21.6 Å². The van der Waals surface area contributed by atoms with Gasteiger partial charge in [-0.1, -0.05) is 30.7 Å². The van der Waals surface area contributed by atoms with Crippen molar-refractivity contribution >= 4 is 75.1 Å². The molecule has 2 saturated heterocycles. The van der Waals surface area contributed by atoms with E-state index in [4.69, 9.17) is 16.3 Å². The molecule has 0 bridgehead atoms. The SMILES string of the molecule is C=CC(=O)Nc1cc2c(Nc3ccc(F)c(Cl)c3)ncnc2cc1OCCCN1CCN(CCCCCSc2cccc3c2CN(C2CCC(=O)NC2=O)C3=O)CC1. The van der Waals surface area contributed by atoms with E-state index in [1.165, 1.54) is 24.5 Å². The molecule has 1 atom stereocenters. The minimum absolute atomic E-state index is 0.0173. The van der Waals surface area contributed by atoms with E-state index in [9.17, 15) is 23.6 Å². The lowest BCUT2D eigenvalue weighted by Crippen LogP contribution is -2.52. The molecule has 4 aromatic rings. The maximum atomic E-state index is 13.7. The Bertz CT molecular complexity index is 2200. The highest BCUT2D eigenvalue weighted by Crippen LogP contribution is 2.36. The molecule has 0 aliphatic carbocycles. The number of fused-ring (bicyclic) bond motifs is 2. The number of amides is 4. The number of anilines is 3. The van der Waals surface area contributed by atoms with Crippen LogP contribution in [0.15, 0.2) is 72.4 Å². The number of nitrogens with one attached hydrogen (secondary N) is 3. The number of thioether (sulfide) groups is 1. The molecule has 0 radical (unpaired) electrons. The second kappa shape index (κ2) is 19.1. The first kappa shape index (κ1) is 41.1. The highest BCUT2D eigenvalue weighted by Gasteiger charge is 2.39. The first-order valence-electron chi connectivity index (χ1n) is 19.6. The zero-order chi connectivity index (χ0) is 40.6. The van der Waals surface area contributed by atoms with Gasteiger partial charge in [0.05, 0.1) is 22.8 Å². The van der Waals surface area contributed by atoms with Gasteiger partial charge in [0.15, 0.2) is 0 Å². The number of hydrogen-bond donors (Lipinski definition) is 3. The van der Waals surface area contributed by atoms with Gasteiger partial charge in [-0.3, -0.25) is 24.5 Å². The zero-order valence-electron chi connectivity index (χ0n) is 32.1. The summed E-state index contributed by atoms with van der Waals surface area (Å²) in [6, 6.07) is 13.0. The van der Waals surface area contributed by atoms with E-state index in [1.807, 2.05) is 12.1 Å². The van der Waals surface area contributed by atoms with E-state index in [-0.39, 0.29) is 35.1 Å². The number of piperidine rings is 1. The van der Waals surface area contributed by atoms with Gasteiger partial charge in [-0.2, -0.15) is 0 Å². The number of unbranched alkanes of at least 4 members (excludes halogenated alkanes) is 2. The Labute approximate surface area is 345 Å². The van der Waals surface area contributed by atoms with E-state index in [2.05, 4.69) is 48.4 Å². The van der Waals surface area contributed by atoms with Gasteiger partial charge in [0.25, 0.3) is 5.91 Å². The van der Waals surface area contributed by atoms with Crippen LogP contribution in [-0.2, 0) is 20.9 Å². The Morgan fingerprint density at radius 3 is 2.57 bits per heavy atom. The Balaban J connectivity index is 0.816. The maximum Gasteiger partial charge on any atom is 0.255 e.